The topological polar surface area (TPSA) is 177 Å². The van der Waals surface area contributed by atoms with E-state index in [1.807, 2.05) is 12.1 Å². The van der Waals surface area contributed by atoms with Crippen molar-refractivity contribution in [2.24, 2.45) is 86.8 Å². The Labute approximate surface area is 450 Å². The molecule has 12 aliphatic carbocycles. The predicted octanol–water partition coefficient (Wildman–Crippen LogP) is 8.71. The van der Waals surface area contributed by atoms with Gasteiger partial charge in [-0.2, -0.15) is 0 Å². The molecule has 10 fully saturated rings. The number of esters is 1. The van der Waals surface area contributed by atoms with Crippen molar-refractivity contribution in [3.63, 3.8) is 0 Å². The van der Waals surface area contributed by atoms with Gasteiger partial charge in [0.2, 0.25) is 0 Å². The quantitative estimate of drug-likeness (QED) is 0.0642. The van der Waals surface area contributed by atoms with Gasteiger partial charge in [0.05, 0.1) is 30.0 Å². The zero-order chi connectivity index (χ0) is 52.2. The SMILES string of the molecule is CC(C1CCCC1)C1CCC2C(O)C3(CCC4CC(c5ccccc5)CCC43)CC3(C=O)C4CCC56CC7(C#Cc8ccccc8CC(NCO)C8CC(CC5(O)C4(O)C(O)C(C1)C23O)C6C1=CC(=O)OC18)CCCC7. The first-order valence-electron chi connectivity index (χ1n) is 30.6. The molecule has 13 aliphatic rings. The maximum Gasteiger partial charge on any atom is 0.331 e. The molecule has 0 saturated heterocycles. The van der Waals surface area contributed by atoms with Crippen LogP contribution in [0.1, 0.15) is 171 Å². The van der Waals surface area contributed by atoms with Crippen LogP contribution in [0, 0.1) is 98.6 Å². The largest absolute Gasteiger partial charge is 0.454 e. The minimum absolute atomic E-state index is 0.0755. The summed E-state index contributed by atoms with van der Waals surface area (Å²) in [6.45, 7) is 2.07. The van der Waals surface area contributed by atoms with E-state index in [1.165, 1.54) is 18.4 Å². The third-order valence-electron chi connectivity index (χ3n) is 26.1. The standard InChI is InChI=1S/C66H85NO9/c1-39(40-11-5-6-12-40)43-17-20-51-58(71)61(27-22-46-29-45(18-19-50(46)61)41-13-3-2-4-14-41)36-63(37-68)54-23-28-62-35-60(24-9-10-25-60)26-21-42-15-7-8-16-44(42)32-53(67-38-69)48-30-47(56(62)49-33-55(70)76-57(48)49)34-64(62,73)66(54,75)59(72)52(31-43)65(51,63)74/h2-4,7-8,13-16,33,37,39-40,43,45-48,50-54,56-59,67,69,71-75H,5-6,9-12,17-20,22-25,27-32,34-36,38H2,1H3. The van der Waals surface area contributed by atoms with E-state index in [1.54, 1.807) is 6.08 Å². The first kappa shape index (κ1) is 50.8. The number of rotatable bonds is 6. The summed E-state index contributed by atoms with van der Waals surface area (Å²) in [5.74, 6) is 5.33. The first-order valence-corrected chi connectivity index (χ1v) is 30.6. The summed E-state index contributed by atoms with van der Waals surface area (Å²) in [5, 5.41) is 86.5. The Morgan fingerprint density at radius 3 is 2.30 bits per heavy atom. The molecule has 10 heteroatoms. The van der Waals surface area contributed by atoms with Gasteiger partial charge < -0.3 is 40.2 Å². The second kappa shape index (κ2) is 18.1. The Bertz CT molecular complexity index is 2700. The van der Waals surface area contributed by atoms with E-state index in [9.17, 15) is 25.2 Å². The van der Waals surface area contributed by atoms with E-state index >= 15 is 15.0 Å². The van der Waals surface area contributed by atoms with Crippen LogP contribution in [0.2, 0.25) is 0 Å². The van der Waals surface area contributed by atoms with Crippen LogP contribution in [-0.2, 0) is 20.7 Å². The van der Waals surface area contributed by atoms with Gasteiger partial charge in [0.15, 0.2) is 0 Å². The summed E-state index contributed by atoms with van der Waals surface area (Å²) in [4.78, 5) is 29.4. The lowest BCUT2D eigenvalue weighted by atomic mass is 9.32. The van der Waals surface area contributed by atoms with E-state index in [-0.39, 0.29) is 67.5 Å². The number of aliphatic hydroxyl groups excluding tert-OH is 3. The summed E-state index contributed by atoms with van der Waals surface area (Å²) in [5.41, 5.74) is -5.81. The van der Waals surface area contributed by atoms with Crippen LogP contribution in [0.3, 0.4) is 0 Å². The number of hydrogen-bond acceptors (Lipinski definition) is 10. The van der Waals surface area contributed by atoms with Crippen LogP contribution in [0.5, 0.6) is 0 Å². The maximum absolute atomic E-state index is 15.5. The van der Waals surface area contributed by atoms with Gasteiger partial charge in [0.1, 0.15) is 23.6 Å². The zero-order valence-corrected chi connectivity index (χ0v) is 45.0. The van der Waals surface area contributed by atoms with Gasteiger partial charge >= 0.3 is 5.97 Å². The monoisotopic (exact) mass is 1040 g/mol. The van der Waals surface area contributed by atoms with Crippen molar-refractivity contribution in [1.29, 1.82) is 0 Å². The van der Waals surface area contributed by atoms with Crippen molar-refractivity contribution in [3.8, 4) is 11.8 Å². The number of aldehydes is 1. The maximum atomic E-state index is 15.5. The first-order chi connectivity index (χ1) is 36.7. The van der Waals surface area contributed by atoms with Crippen molar-refractivity contribution in [3.05, 3.63) is 82.9 Å². The fourth-order valence-electron chi connectivity index (χ4n) is 23.2. The molecule has 2 aromatic carbocycles. The molecule has 0 aromatic heterocycles. The molecular weight excluding hydrogens is 951 g/mol. The molecule has 2 aromatic rings. The molecule has 1 aliphatic heterocycles. The van der Waals surface area contributed by atoms with Crippen molar-refractivity contribution in [2.45, 2.75) is 202 Å². The summed E-state index contributed by atoms with van der Waals surface area (Å²) >= 11 is 0. The summed E-state index contributed by atoms with van der Waals surface area (Å²) in [6.07, 6.45) is 16.7. The van der Waals surface area contributed by atoms with Crippen molar-refractivity contribution < 1.29 is 45.0 Å². The Kier molecular flexibility index (Phi) is 12.1. The molecule has 7 N–H and O–H groups in total. The van der Waals surface area contributed by atoms with Gasteiger partial charge in [-0.15, -0.1) is 0 Å². The molecule has 21 unspecified atom stereocenters. The van der Waals surface area contributed by atoms with Crippen molar-refractivity contribution >= 4 is 12.3 Å². The number of aliphatic hydroxyl groups is 6. The molecule has 0 radical (unpaired) electrons. The molecule has 408 valence electrons. The summed E-state index contributed by atoms with van der Waals surface area (Å²) in [6, 6.07) is 18.7. The minimum Gasteiger partial charge on any atom is -0.454 e. The van der Waals surface area contributed by atoms with Gasteiger partial charge in [0.25, 0.3) is 0 Å². The molecule has 0 amide bonds. The average Bonchev–Trinajstić information content (AvgIpc) is 4.19. The Balaban J connectivity index is 0.955. The molecule has 3 spiro atoms. The van der Waals surface area contributed by atoms with Crippen LogP contribution in [0.25, 0.3) is 0 Å². The fraction of sp³-hybridized carbons (Fsp3) is 0.727. The highest BCUT2D eigenvalue weighted by atomic mass is 16.5. The third kappa shape index (κ3) is 6.72. The molecule has 10 nitrogen and oxygen atoms in total. The number of benzene rings is 2. The van der Waals surface area contributed by atoms with Gasteiger partial charge in [-0.05, 0) is 179 Å². The molecule has 15 rings (SSSR count). The Morgan fingerprint density at radius 2 is 1.53 bits per heavy atom. The molecule has 4 bridgehead atoms. The van der Waals surface area contributed by atoms with E-state index in [4.69, 9.17) is 4.74 Å². The fourth-order valence-corrected chi connectivity index (χ4v) is 23.2. The molecule has 21 atom stereocenters. The summed E-state index contributed by atoms with van der Waals surface area (Å²) < 4.78 is 6.42. The minimum atomic E-state index is -2.25. The highest BCUT2D eigenvalue weighted by Gasteiger charge is 2.87. The molecule has 10 saturated carbocycles. The normalized spacial score (nSPS) is 49.0. The predicted molar refractivity (Wildman–Crippen MR) is 286 cm³/mol. The van der Waals surface area contributed by atoms with Crippen LogP contribution >= 0.6 is 0 Å². The van der Waals surface area contributed by atoms with Gasteiger partial charge in [0, 0.05) is 57.6 Å². The van der Waals surface area contributed by atoms with E-state index in [2.05, 4.69) is 66.5 Å². The lowest BCUT2D eigenvalue weighted by Gasteiger charge is -2.75. The lowest BCUT2D eigenvalue weighted by molar-refractivity contribution is -0.386. The van der Waals surface area contributed by atoms with Crippen molar-refractivity contribution in [1.82, 2.24) is 5.32 Å². The lowest BCUT2D eigenvalue weighted by Crippen LogP contribution is -2.86. The van der Waals surface area contributed by atoms with Crippen LogP contribution < -0.4 is 5.32 Å². The van der Waals surface area contributed by atoms with Crippen molar-refractivity contribution in [2.75, 3.05) is 6.73 Å². The van der Waals surface area contributed by atoms with Gasteiger partial charge in [-0.3, -0.25) is 5.32 Å². The van der Waals surface area contributed by atoms with Crippen LogP contribution in [-0.4, -0.2) is 90.8 Å². The van der Waals surface area contributed by atoms with Crippen LogP contribution in [0.15, 0.2) is 66.2 Å². The molecule has 76 heavy (non-hydrogen) atoms. The zero-order valence-electron chi connectivity index (χ0n) is 45.0. The van der Waals surface area contributed by atoms with Gasteiger partial charge in [-0.25, -0.2) is 4.79 Å². The number of hydrogen-bond donors (Lipinski definition) is 7. The molecular formula is C66H85NO9. The highest BCUT2D eigenvalue weighted by Crippen LogP contribution is 2.81. The number of nitrogens with one attached hydrogen (secondary N) is 1. The number of fused-ring (bicyclic) bond motifs is 6. The van der Waals surface area contributed by atoms with Gasteiger partial charge in [-0.1, -0.05) is 106 Å². The second-order valence-corrected chi connectivity index (χ2v) is 28.3. The average molecular weight is 1040 g/mol. The van der Waals surface area contributed by atoms with E-state index in [0.29, 0.717) is 56.3 Å². The smallest absolute Gasteiger partial charge is 0.331 e. The Morgan fingerprint density at radius 1 is 0.763 bits per heavy atom. The van der Waals surface area contributed by atoms with E-state index < -0.39 is 80.5 Å². The number of carbonyl (C=O) groups is 2. The second-order valence-electron chi connectivity index (χ2n) is 28.3. The number of ether oxygens (including phenoxy) is 1. The Hall–Kier alpha value is -3.40. The highest BCUT2D eigenvalue weighted by molar-refractivity contribution is 5.86. The van der Waals surface area contributed by atoms with Crippen LogP contribution in [0.4, 0.5) is 0 Å². The van der Waals surface area contributed by atoms with E-state index in [0.717, 1.165) is 100 Å². The summed E-state index contributed by atoms with van der Waals surface area (Å²) in [7, 11) is 0. The molecule has 1 heterocycles. The third-order valence-corrected chi connectivity index (χ3v) is 26.1. The number of carbonyl (C=O) groups excluding carboxylic acids is 2.